The Kier molecular flexibility index (Phi) is 26.6. The van der Waals surface area contributed by atoms with Crippen molar-refractivity contribution in [2.24, 2.45) is 23.5 Å². The summed E-state index contributed by atoms with van der Waals surface area (Å²) in [5, 5.41) is 116. The van der Waals surface area contributed by atoms with Gasteiger partial charge in [0.2, 0.25) is 0 Å². The van der Waals surface area contributed by atoms with Crippen molar-refractivity contribution in [1.82, 2.24) is 0 Å². The fourth-order valence-electron chi connectivity index (χ4n) is 7.45. The molecule has 13 N–H and O–H groups in total. The smallest absolute Gasteiger partial charge is 0.311 e. The van der Waals surface area contributed by atoms with Crippen molar-refractivity contribution in [2.75, 3.05) is 0 Å². The normalized spacial score (nSPS) is 39.6. The predicted molar refractivity (Wildman–Crippen MR) is 238 cm³/mol. The van der Waals surface area contributed by atoms with Crippen molar-refractivity contribution < 1.29 is 84.8 Å². The van der Waals surface area contributed by atoms with E-state index in [0.29, 0.717) is 0 Å². The Hall–Kier alpha value is -3.47. The highest BCUT2D eigenvalue weighted by molar-refractivity contribution is 5.81. The minimum atomic E-state index is -1.95. The second-order valence-corrected chi connectivity index (χ2v) is 17.4. The van der Waals surface area contributed by atoms with Crippen molar-refractivity contribution in [3.05, 3.63) is 72.9 Å². The molecule has 65 heavy (non-hydrogen) atoms. The summed E-state index contributed by atoms with van der Waals surface area (Å²) in [4.78, 5) is 37.8. The molecule has 2 aliphatic rings. The van der Waals surface area contributed by atoms with Crippen LogP contribution in [0.25, 0.3) is 0 Å². The molecule has 18 heteroatoms. The van der Waals surface area contributed by atoms with Gasteiger partial charge in [0.1, 0.15) is 23.9 Å². The second kappa shape index (κ2) is 30.0. The summed E-state index contributed by atoms with van der Waals surface area (Å²) in [6, 6.07) is -1.15. The van der Waals surface area contributed by atoms with Crippen molar-refractivity contribution in [3.63, 3.8) is 0 Å². The number of carboxylic acids is 1. The lowest BCUT2D eigenvalue weighted by Gasteiger charge is -2.41. The van der Waals surface area contributed by atoms with Crippen LogP contribution < -0.4 is 5.73 Å². The number of hydrogen-bond acceptors (Lipinski definition) is 17. The summed E-state index contributed by atoms with van der Waals surface area (Å²) in [6.45, 7) is 6.73. The highest BCUT2D eigenvalue weighted by Gasteiger charge is 2.43. The zero-order valence-corrected chi connectivity index (χ0v) is 37.8. The van der Waals surface area contributed by atoms with E-state index in [-0.39, 0.29) is 31.6 Å². The molecule has 0 saturated carbocycles. The standard InChI is InChI=1S/C47H75NO17/c1-27-17-15-13-11-9-7-5-6-8-10-12-14-16-18-35(65-47-45(60)42(48)44(59)30(4)64-47)26-39(56)41(46(61)62)38(55)24-34(52)23-37(54)36(53)20-19-31(49)21-32(50)22-33(51)25-40(57)63-29(3)28(2)43(27)58/h5-6,8,10-18,27-33,35-39,41-45,47,49-51,53-56,58-60H,7,9,19-26,48H2,1-4H3,(H,61,62)/t27?,28?,29?,30-,31?,32?,33?,35?,36?,37?,38?,39?,41?,42?,43?,44?,45?,47-/m0/s1. The van der Waals surface area contributed by atoms with Crippen LogP contribution in [-0.4, -0.2) is 166 Å². The van der Waals surface area contributed by atoms with Gasteiger partial charge in [0.25, 0.3) is 0 Å². The minimum absolute atomic E-state index is 0.144. The zero-order valence-electron chi connectivity index (χ0n) is 37.8. The fraction of sp³-hybridized carbons (Fsp3) is 0.681. The van der Waals surface area contributed by atoms with Gasteiger partial charge in [-0.3, -0.25) is 14.4 Å². The number of allylic oxidation sites excluding steroid dienone is 10. The molecule has 0 aromatic carbocycles. The van der Waals surface area contributed by atoms with Crippen LogP contribution >= 0.6 is 0 Å². The van der Waals surface area contributed by atoms with Gasteiger partial charge in [-0.05, 0) is 52.4 Å². The maximum Gasteiger partial charge on any atom is 0.311 e. The van der Waals surface area contributed by atoms with Gasteiger partial charge in [-0.2, -0.15) is 0 Å². The molecule has 0 radical (unpaired) electrons. The first-order valence-electron chi connectivity index (χ1n) is 22.4. The Bertz CT molecular complexity index is 1600. The van der Waals surface area contributed by atoms with Crippen LogP contribution in [0.5, 0.6) is 0 Å². The van der Waals surface area contributed by atoms with Gasteiger partial charge in [0, 0.05) is 31.1 Å². The zero-order chi connectivity index (χ0) is 48.8. The molecule has 370 valence electrons. The number of aliphatic hydroxyl groups excluding tert-OH is 10. The summed E-state index contributed by atoms with van der Waals surface area (Å²) < 4.78 is 17.0. The van der Waals surface area contributed by atoms with Gasteiger partial charge >= 0.3 is 11.9 Å². The van der Waals surface area contributed by atoms with Gasteiger partial charge in [-0.1, -0.05) is 86.8 Å². The number of rotatable bonds is 3. The van der Waals surface area contributed by atoms with E-state index in [0.717, 1.165) is 12.8 Å². The first-order chi connectivity index (χ1) is 30.6. The lowest BCUT2D eigenvalue weighted by Crippen LogP contribution is -2.61. The van der Waals surface area contributed by atoms with Crippen LogP contribution in [0, 0.1) is 17.8 Å². The average Bonchev–Trinajstić information content (AvgIpc) is 3.22. The molecule has 18 atom stereocenters. The molecule has 0 aromatic heterocycles. The van der Waals surface area contributed by atoms with Gasteiger partial charge in [-0.15, -0.1) is 0 Å². The first-order valence-corrected chi connectivity index (χ1v) is 22.4. The SMILES string of the molecule is CC1C=CC=CCCC=CC=CC=CC=CC(O[C@@H]2O[C@@H](C)C(O)C(N)C2O)CC(O)C(C(=O)O)C(O)CC(=O)CC(O)C(O)CCC(O)CC(O)CC(O)CC(=O)OC(C)C(C)C1O. The number of carbonyl (C=O) groups is 3. The third-order valence-corrected chi connectivity index (χ3v) is 11.7. The summed E-state index contributed by atoms with van der Waals surface area (Å²) in [5.41, 5.74) is 5.96. The molecular formula is C47H75NO17. The molecule has 0 spiro atoms. The molecule has 0 bridgehead atoms. The molecule has 0 aromatic rings. The maximum absolute atomic E-state index is 12.9. The lowest BCUT2D eigenvalue weighted by atomic mass is 9.88. The number of ketones is 1. The van der Waals surface area contributed by atoms with Gasteiger partial charge in [-0.25, -0.2) is 0 Å². The highest BCUT2D eigenvalue weighted by Crippen LogP contribution is 2.26. The number of esters is 1. The number of cyclic esters (lactones) is 1. The molecule has 2 heterocycles. The summed E-state index contributed by atoms with van der Waals surface area (Å²) in [5.74, 6) is -5.88. The van der Waals surface area contributed by atoms with E-state index in [4.69, 9.17) is 19.9 Å². The van der Waals surface area contributed by atoms with Crippen molar-refractivity contribution in [1.29, 1.82) is 0 Å². The molecule has 1 saturated heterocycles. The van der Waals surface area contributed by atoms with Crippen LogP contribution in [0.1, 0.15) is 91.9 Å². The van der Waals surface area contributed by atoms with E-state index < -0.39 is 147 Å². The number of ether oxygens (including phenoxy) is 3. The number of carbonyl (C=O) groups excluding carboxylic acids is 2. The Morgan fingerprint density at radius 2 is 1.18 bits per heavy atom. The van der Waals surface area contributed by atoms with Crippen LogP contribution in [0.2, 0.25) is 0 Å². The van der Waals surface area contributed by atoms with E-state index in [1.54, 1.807) is 44.2 Å². The Balaban J connectivity index is 2.26. The highest BCUT2D eigenvalue weighted by atomic mass is 16.7. The topological polar surface area (TPSA) is 327 Å². The van der Waals surface area contributed by atoms with E-state index in [2.05, 4.69) is 0 Å². The van der Waals surface area contributed by atoms with Crippen molar-refractivity contribution >= 4 is 17.7 Å². The van der Waals surface area contributed by atoms with E-state index in [9.17, 15) is 70.6 Å². The number of nitrogens with two attached hydrogens (primary N) is 1. The van der Waals surface area contributed by atoms with Gasteiger partial charge in [0.05, 0.1) is 79.6 Å². The summed E-state index contributed by atoms with van der Waals surface area (Å²) >= 11 is 0. The predicted octanol–water partition coefficient (Wildman–Crippen LogP) is 0.778. The molecular weight excluding hydrogens is 851 g/mol. The minimum Gasteiger partial charge on any atom is -0.481 e. The summed E-state index contributed by atoms with van der Waals surface area (Å²) in [7, 11) is 0. The third-order valence-electron chi connectivity index (χ3n) is 11.7. The number of aliphatic hydroxyl groups is 10. The first kappa shape index (κ1) is 57.7. The molecule has 0 aliphatic carbocycles. The summed E-state index contributed by atoms with van der Waals surface area (Å²) in [6.07, 6.45) is 0.848. The van der Waals surface area contributed by atoms with Crippen LogP contribution in [0.3, 0.4) is 0 Å². The Morgan fingerprint density at radius 3 is 1.83 bits per heavy atom. The van der Waals surface area contributed by atoms with E-state index in [1.165, 1.54) is 13.0 Å². The number of hydrogen-bond donors (Lipinski definition) is 12. The van der Waals surface area contributed by atoms with Crippen molar-refractivity contribution in [2.45, 2.75) is 184 Å². The lowest BCUT2D eigenvalue weighted by molar-refractivity contribution is -0.277. The second-order valence-electron chi connectivity index (χ2n) is 17.4. The molecule has 0 amide bonds. The molecule has 16 unspecified atom stereocenters. The van der Waals surface area contributed by atoms with Gasteiger partial charge < -0.3 is 76.1 Å². The number of carboxylic acid groups (broad SMARTS) is 1. The molecule has 18 nitrogen and oxygen atoms in total. The number of aliphatic carboxylic acids is 1. The monoisotopic (exact) mass is 926 g/mol. The molecule has 2 aliphatic heterocycles. The van der Waals surface area contributed by atoms with Gasteiger partial charge in [0.15, 0.2) is 6.29 Å². The van der Waals surface area contributed by atoms with E-state index >= 15 is 0 Å². The molecule has 1 fully saturated rings. The van der Waals surface area contributed by atoms with Crippen LogP contribution in [0.15, 0.2) is 72.9 Å². The van der Waals surface area contributed by atoms with Crippen LogP contribution in [0.4, 0.5) is 0 Å². The number of Topliss-reactive ketones (excluding diaryl/α,β-unsaturated/α-hetero) is 1. The molecule has 2 rings (SSSR count). The average molecular weight is 926 g/mol. The van der Waals surface area contributed by atoms with Crippen molar-refractivity contribution in [3.8, 4) is 0 Å². The Morgan fingerprint density at radius 1 is 0.615 bits per heavy atom. The fourth-order valence-corrected chi connectivity index (χ4v) is 7.45. The Labute approximate surface area is 381 Å². The quantitative estimate of drug-likeness (QED) is 0.174. The largest absolute Gasteiger partial charge is 0.481 e. The van der Waals surface area contributed by atoms with E-state index in [1.807, 2.05) is 43.4 Å². The third kappa shape index (κ3) is 21.4. The van der Waals surface area contributed by atoms with Crippen LogP contribution in [-0.2, 0) is 28.6 Å². The maximum atomic E-state index is 12.9.